The van der Waals surface area contributed by atoms with Crippen LogP contribution in [0.2, 0.25) is 0 Å². The molecule has 0 saturated carbocycles. The first-order valence-corrected chi connectivity index (χ1v) is 10.1. The van der Waals surface area contributed by atoms with Crippen LogP contribution in [-0.4, -0.2) is 18.1 Å². The van der Waals surface area contributed by atoms with Crippen molar-refractivity contribution < 1.29 is 32.2 Å². The molecule has 0 spiro atoms. The number of benzene rings is 3. The molecule has 0 radical (unpaired) electrons. The van der Waals surface area contributed by atoms with Gasteiger partial charge in [0.05, 0.1) is 6.42 Å². The van der Waals surface area contributed by atoms with Crippen molar-refractivity contribution in [1.29, 1.82) is 0 Å². The van der Waals surface area contributed by atoms with Gasteiger partial charge in [0, 0.05) is 13.8 Å². The third-order valence-corrected chi connectivity index (χ3v) is 4.61. The van der Waals surface area contributed by atoms with Crippen LogP contribution in [0.15, 0.2) is 78.9 Å². The molecule has 7 heteroatoms. The van der Waals surface area contributed by atoms with Gasteiger partial charge in [-0.1, -0.05) is 54.6 Å². The molecular weight excluding hydrogens is 433 g/mol. The van der Waals surface area contributed by atoms with Crippen LogP contribution in [0.25, 0.3) is 11.1 Å². The number of allylic oxidation sites excluding steroid dienone is 1. The first-order chi connectivity index (χ1) is 15.6. The second kappa shape index (κ2) is 10.2. The lowest BCUT2D eigenvalue weighted by atomic mass is 9.87. The van der Waals surface area contributed by atoms with E-state index < -0.39 is 24.5 Å². The highest BCUT2D eigenvalue weighted by molar-refractivity contribution is 5.99. The van der Waals surface area contributed by atoms with Crippen molar-refractivity contribution in [3.8, 4) is 11.5 Å². The van der Waals surface area contributed by atoms with Gasteiger partial charge in [-0.15, -0.1) is 0 Å². The molecule has 3 aromatic rings. The Morgan fingerprint density at radius 3 is 1.45 bits per heavy atom. The minimum atomic E-state index is -4.45. The molecule has 0 aliphatic carbocycles. The molecule has 0 amide bonds. The van der Waals surface area contributed by atoms with Crippen LogP contribution in [0.4, 0.5) is 13.2 Å². The lowest BCUT2D eigenvalue weighted by Crippen LogP contribution is -2.10. The zero-order valence-corrected chi connectivity index (χ0v) is 18.0. The topological polar surface area (TPSA) is 52.6 Å². The Balaban J connectivity index is 2.22. The van der Waals surface area contributed by atoms with Gasteiger partial charge in [-0.25, -0.2) is 0 Å². The summed E-state index contributed by atoms with van der Waals surface area (Å²) in [5.41, 5.74) is 1.90. The van der Waals surface area contributed by atoms with E-state index in [4.69, 9.17) is 9.47 Å². The molecule has 0 bridgehead atoms. The third kappa shape index (κ3) is 6.80. The number of hydrogen-bond acceptors (Lipinski definition) is 4. The molecule has 0 aliphatic heterocycles. The molecule has 33 heavy (non-hydrogen) atoms. The molecule has 4 nitrogen and oxygen atoms in total. The van der Waals surface area contributed by atoms with E-state index in [2.05, 4.69) is 0 Å². The van der Waals surface area contributed by atoms with Crippen LogP contribution < -0.4 is 9.47 Å². The van der Waals surface area contributed by atoms with Gasteiger partial charge in [0.2, 0.25) is 0 Å². The van der Waals surface area contributed by atoms with Crippen molar-refractivity contribution in [3.05, 3.63) is 95.6 Å². The van der Waals surface area contributed by atoms with Gasteiger partial charge >= 0.3 is 18.1 Å². The molecule has 0 heterocycles. The van der Waals surface area contributed by atoms with E-state index >= 15 is 0 Å². The maximum Gasteiger partial charge on any atom is 0.393 e. The lowest BCUT2D eigenvalue weighted by Gasteiger charge is -2.19. The predicted molar refractivity (Wildman–Crippen MR) is 119 cm³/mol. The first kappa shape index (κ1) is 23.8. The summed E-state index contributed by atoms with van der Waals surface area (Å²) in [4.78, 5) is 22.4. The van der Waals surface area contributed by atoms with Crippen LogP contribution in [0.1, 0.15) is 37.0 Å². The molecule has 0 saturated heterocycles. The van der Waals surface area contributed by atoms with Crippen molar-refractivity contribution in [2.24, 2.45) is 0 Å². The molecule has 3 aromatic carbocycles. The van der Waals surface area contributed by atoms with E-state index in [9.17, 15) is 22.8 Å². The van der Waals surface area contributed by atoms with Crippen molar-refractivity contribution in [2.75, 3.05) is 0 Å². The summed E-state index contributed by atoms with van der Waals surface area (Å²) in [7, 11) is 0. The SMILES string of the molecule is CC(=O)Oc1ccc(C(=C(CC(F)(F)F)c2ccccc2)c2ccc(OC(C)=O)cc2)cc1. The molecule has 3 rings (SSSR count). The second-order valence-corrected chi connectivity index (χ2v) is 7.25. The van der Waals surface area contributed by atoms with E-state index in [1.807, 2.05) is 0 Å². The molecule has 170 valence electrons. The summed E-state index contributed by atoms with van der Waals surface area (Å²) >= 11 is 0. The van der Waals surface area contributed by atoms with Crippen molar-refractivity contribution in [2.45, 2.75) is 26.4 Å². The standard InChI is InChI=1S/C26H21F3O4/c1-17(30)32-22-12-8-20(9-13-22)25(21-10-14-23(15-11-21)33-18(2)31)24(16-26(27,28)29)19-6-4-3-5-7-19/h3-15H,16H2,1-2H3. The lowest BCUT2D eigenvalue weighted by molar-refractivity contribution is -0.132. The van der Waals surface area contributed by atoms with Gasteiger partial charge < -0.3 is 9.47 Å². The van der Waals surface area contributed by atoms with Gasteiger partial charge in [0.1, 0.15) is 11.5 Å². The Morgan fingerprint density at radius 1 is 0.667 bits per heavy atom. The number of halogens is 3. The predicted octanol–water partition coefficient (Wildman–Crippen LogP) is 6.45. The number of carbonyl (C=O) groups is 2. The molecule has 0 atom stereocenters. The number of carbonyl (C=O) groups excluding carboxylic acids is 2. The Labute approximate surface area is 189 Å². The van der Waals surface area contributed by atoms with E-state index in [-0.39, 0.29) is 17.1 Å². The summed E-state index contributed by atoms with van der Waals surface area (Å²) in [5, 5.41) is 0. The molecule has 0 aromatic heterocycles. The summed E-state index contributed by atoms with van der Waals surface area (Å²) in [6, 6.07) is 20.9. The summed E-state index contributed by atoms with van der Waals surface area (Å²) in [5.74, 6) is -0.427. The zero-order valence-electron chi connectivity index (χ0n) is 18.0. The minimum Gasteiger partial charge on any atom is -0.427 e. The van der Waals surface area contributed by atoms with Crippen molar-refractivity contribution in [3.63, 3.8) is 0 Å². The largest absolute Gasteiger partial charge is 0.427 e. The highest BCUT2D eigenvalue weighted by atomic mass is 19.4. The average Bonchev–Trinajstić information content (AvgIpc) is 2.74. The normalized spacial score (nSPS) is 10.9. The fourth-order valence-electron chi connectivity index (χ4n) is 3.40. The first-order valence-electron chi connectivity index (χ1n) is 10.1. The third-order valence-electron chi connectivity index (χ3n) is 4.61. The molecule has 0 fully saturated rings. The fourth-order valence-corrected chi connectivity index (χ4v) is 3.40. The molecular formula is C26H21F3O4. The highest BCUT2D eigenvalue weighted by Gasteiger charge is 2.31. The smallest absolute Gasteiger partial charge is 0.393 e. The van der Waals surface area contributed by atoms with E-state index in [0.29, 0.717) is 22.3 Å². The Kier molecular flexibility index (Phi) is 7.33. The maximum atomic E-state index is 13.6. The number of hydrogen-bond donors (Lipinski definition) is 0. The van der Waals surface area contributed by atoms with Gasteiger partial charge in [0.15, 0.2) is 0 Å². The van der Waals surface area contributed by atoms with Gasteiger partial charge in [-0.05, 0) is 52.1 Å². The average molecular weight is 454 g/mol. The second-order valence-electron chi connectivity index (χ2n) is 7.25. The minimum absolute atomic E-state index is 0.0866. The van der Waals surface area contributed by atoms with Gasteiger partial charge in [-0.3, -0.25) is 9.59 Å². The summed E-state index contributed by atoms with van der Waals surface area (Å²) < 4.78 is 51.0. The highest BCUT2D eigenvalue weighted by Crippen LogP contribution is 2.40. The van der Waals surface area contributed by atoms with Crippen LogP contribution in [-0.2, 0) is 9.59 Å². The Bertz CT molecular complexity index is 1090. The molecule has 0 N–H and O–H groups in total. The van der Waals surface area contributed by atoms with Crippen LogP contribution in [0, 0.1) is 0 Å². The Hall–Kier alpha value is -3.87. The van der Waals surface area contributed by atoms with Gasteiger partial charge in [-0.2, -0.15) is 13.2 Å². The monoisotopic (exact) mass is 454 g/mol. The number of esters is 2. The number of ether oxygens (including phenoxy) is 2. The summed E-state index contributed by atoms with van der Waals surface area (Å²) in [6.07, 6.45) is -5.60. The quantitative estimate of drug-likeness (QED) is 0.244. The van der Waals surface area contributed by atoms with Crippen molar-refractivity contribution in [1.82, 2.24) is 0 Å². The fraction of sp³-hybridized carbons (Fsp3) is 0.154. The van der Waals surface area contributed by atoms with Gasteiger partial charge in [0.25, 0.3) is 0 Å². The van der Waals surface area contributed by atoms with Crippen LogP contribution in [0.3, 0.4) is 0 Å². The summed E-state index contributed by atoms with van der Waals surface area (Å²) in [6.45, 7) is 2.53. The van der Waals surface area contributed by atoms with Crippen molar-refractivity contribution >= 4 is 23.1 Å². The Morgan fingerprint density at radius 2 is 1.09 bits per heavy atom. The van der Waals surface area contributed by atoms with Crippen LogP contribution >= 0.6 is 0 Å². The van der Waals surface area contributed by atoms with E-state index in [1.54, 1.807) is 54.6 Å². The van der Waals surface area contributed by atoms with Crippen LogP contribution in [0.5, 0.6) is 11.5 Å². The van der Waals surface area contributed by atoms with E-state index in [0.717, 1.165) is 0 Å². The zero-order chi connectivity index (χ0) is 24.0. The number of alkyl halides is 3. The number of rotatable bonds is 6. The van der Waals surface area contributed by atoms with E-state index in [1.165, 1.54) is 38.1 Å². The molecule has 0 unspecified atom stereocenters. The molecule has 0 aliphatic rings. The maximum absolute atomic E-state index is 13.6.